The predicted molar refractivity (Wildman–Crippen MR) is 97.3 cm³/mol. The quantitative estimate of drug-likeness (QED) is 0.375. The van der Waals surface area contributed by atoms with Gasteiger partial charge in [-0.05, 0) is 18.1 Å². The van der Waals surface area contributed by atoms with Crippen molar-refractivity contribution >= 4 is 34.7 Å². The Bertz CT molecular complexity index is 953. The molecule has 148 valence electrons. The number of primary amides is 1. The largest absolute Gasteiger partial charge is 0.480 e. The number of fused-ring (bicyclic) bond motifs is 3. The first-order chi connectivity index (χ1) is 13.3. The molecule has 3 atom stereocenters. The van der Waals surface area contributed by atoms with E-state index in [0.717, 1.165) is 10.9 Å². The van der Waals surface area contributed by atoms with Gasteiger partial charge in [0, 0.05) is 29.4 Å². The van der Waals surface area contributed by atoms with Crippen molar-refractivity contribution in [2.45, 2.75) is 37.4 Å². The maximum absolute atomic E-state index is 12.8. The number of rotatable bonds is 7. The molecule has 0 aliphatic carbocycles. The standard InChI is InChI=1S/C18H20N4O6/c19-13(23)6-5-11(17(25)26)22-16(24)15-14-9(7-12(21-15)18(27)28)8-3-1-2-4-10(8)20-14/h1-4,11-12,15,20-21H,5-7H2,(H2,19,23)(H,22,24)(H,25,26)(H,27,28). The number of carboxylic acids is 2. The van der Waals surface area contributed by atoms with Crippen LogP contribution in [0.2, 0.25) is 0 Å². The Morgan fingerprint density at radius 1 is 1.21 bits per heavy atom. The number of H-pyrrole nitrogens is 1. The highest BCUT2D eigenvalue weighted by atomic mass is 16.4. The van der Waals surface area contributed by atoms with Gasteiger partial charge in [0.25, 0.3) is 0 Å². The summed E-state index contributed by atoms with van der Waals surface area (Å²) in [6, 6.07) is 3.87. The van der Waals surface area contributed by atoms with Crippen molar-refractivity contribution in [3.05, 3.63) is 35.5 Å². The van der Waals surface area contributed by atoms with Crippen LogP contribution in [0.1, 0.15) is 30.1 Å². The van der Waals surface area contributed by atoms with Gasteiger partial charge >= 0.3 is 11.9 Å². The van der Waals surface area contributed by atoms with Crippen LogP contribution in [0.15, 0.2) is 24.3 Å². The lowest BCUT2D eigenvalue weighted by Gasteiger charge is -2.29. The van der Waals surface area contributed by atoms with Crippen LogP contribution in [0.5, 0.6) is 0 Å². The van der Waals surface area contributed by atoms with Crippen molar-refractivity contribution in [1.29, 1.82) is 0 Å². The van der Waals surface area contributed by atoms with E-state index >= 15 is 0 Å². The number of amides is 2. The fourth-order valence-electron chi connectivity index (χ4n) is 3.40. The summed E-state index contributed by atoms with van der Waals surface area (Å²) < 4.78 is 0. The fourth-order valence-corrected chi connectivity index (χ4v) is 3.40. The van der Waals surface area contributed by atoms with E-state index < -0.39 is 41.9 Å². The van der Waals surface area contributed by atoms with Crippen LogP contribution in [0.4, 0.5) is 0 Å². The van der Waals surface area contributed by atoms with Crippen molar-refractivity contribution in [3.63, 3.8) is 0 Å². The first kappa shape index (κ1) is 19.4. The first-order valence-electron chi connectivity index (χ1n) is 8.67. The lowest BCUT2D eigenvalue weighted by Crippen LogP contribution is -2.52. The Hall–Kier alpha value is -3.40. The van der Waals surface area contributed by atoms with Crippen LogP contribution in [-0.2, 0) is 25.6 Å². The van der Waals surface area contributed by atoms with Crippen molar-refractivity contribution in [3.8, 4) is 0 Å². The number of aromatic amines is 1. The smallest absolute Gasteiger partial charge is 0.326 e. The molecule has 10 heteroatoms. The number of carboxylic acid groups (broad SMARTS) is 2. The Labute approximate surface area is 159 Å². The van der Waals surface area contributed by atoms with E-state index in [2.05, 4.69) is 15.6 Å². The molecule has 10 nitrogen and oxygen atoms in total. The molecular formula is C18H20N4O6. The van der Waals surface area contributed by atoms with E-state index in [0.29, 0.717) is 11.3 Å². The zero-order chi connectivity index (χ0) is 20.4. The number of nitrogens with two attached hydrogens (primary N) is 1. The van der Waals surface area contributed by atoms with Gasteiger partial charge < -0.3 is 26.2 Å². The molecule has 3 rings (SSSR count). The molecule has 1 aliphatic heterocycles. The molecule has 0 bridgehead atoms. The van der Waals surface area contributed by atoms with E-state index in [-0.39, 0.29) is 19.3 Å². The van der Waals surface area contributed by atoms with Gasteiger partial charge in [0.2, 0.25) is 11.8 Å². The SMILES string of the molecule is NC(=O)CCC(NC(=O)C1NC(C(=O)O)Cc2c1[nH]c1ccccc21)C(=O)O. The third-order valence-corrected chi connectivity index (χ3v) is 4.77. The molecule has 0 spiro atoms. The monoisotopic (exact) mass is 388 g/mol. The van der Waals surface area contributed by atoms with E-state index in [4.69, 9.17) is 5.73 Å². The summed E-state index contributed by atoms with van der Waals surface area (Å²) in [5, 5.41) is 24.7. The van der Waals surface area contributed by atoms with Crippen molar-refractivity contribution in [2.24, 2.45) is 5.73 Å². The molecule has 7 N–H and O–H groups in total. The summed E-state index contributed by atoms with van der Waals surface area (Å²) in [4.78, 5) is 49.8. The van der Waals surface area contributed by atoms with Gasteiger partial charge in [-0.3, -0.25) is 19.7 Å². The normalized spacial score (nSPS) is 19.6. The second-order valence-corrected chi connectivity index (χ2v) is 6.66. The Kier molecular flexibility index (Phi) is 5.32. The topological polar surface area (TPSA) is 175 Å². The average molecular weight is 388 g/mol. The number of aromatic nitrogens is 1. The Morgan fingerprint density at radius 2 is 1.93 bits per heavy atom. The fraction of sp³-hybridized carbons (Fsp3) is 0.333. The van der Waals surface area contributed by atoms with Gasteiger partial charge in [0.05, 0.1) is 0 Å². The van der Waals surface area contributed by atoms with E-state index in [1.165, 1.54) is 0 Å². The molecule has 28 heavy (non-hydrogen) atoms. The number of para-hydroxylation sites is 1. The van der Waals surface area contributed by atoms with Gasteiger partial charge in [0.15, 0.2) is 0 Å². The first-order valence-corrected chi connectivity index (χ1v) is 8.67. The highest BCUT2D eigenvalue weighted by molar-refractivity contribution is 5.93. The molecule has 1 aromatic heterocycles. The van der Waals surface area contributed by atoms with Gasteiger partial charge in [-0.1, -0.05) is 18.2 Å². The molecule has 0 saturated heterocycles. The number of carbonyl (C=O) groups excluding carboxylic acids is 2. The van der Waals surface area contributed by atoms with Gasteiger partial charge in [-0.25, -0.2) is 4.79 Å². The van der Waals surface area contributed by atoms with Crippen molar-refractivity contribution < 1.29 is 29.4 Å². The number of carbonyl (C=O) groups is 4. The number of aliphatic carboxylic acids is 2. The summed E-state index contributed by atoms with van der Waals surface area (Å²) in [6.45, 7) is 0. The van der Waals surface area contributed by atoms with Crippen molar-refractivity contribution in [2.75, 3.05) is 0 Å². The second kappa shape index (κ2) is 7.69. The van der Waals surface area contributed by atoms with Crippen LogP contribution >= 0.6 is 0 Å². The van der Waals surface area contributed by atoms with E-state index in [1.54, 1.807) is 0 Å². The van der Waals surface area contributed by atoms with Crippen LogP contribution in [0, 0.1) is 0 Å². The highest BCUT2D eigenvalue weighted by Gasteiger charge is 2.37. The minimum atomic E-state index is -1.32. The zero-order valence-corrected chi connectivity index (χ0v) is 14.8. The van der Waals surface area contributed by atoms with Crippen LogP contribution in [0.3, 0.4) is 0 Å². The van der Waals surface area contributed by atoms with E-state index in [9.17, 15) is 29.4 Å². The number of hydrogen-bond acceptors (Lipinski definition) is 5. The van der Waals surface area contributed by atoms with Gasteiger partial charge in [-0.2, -0.15) is 0 Å². The molecule has 2 heterocycles. The summed E-state index contributed by atoms with van der Waals surface area (Å²) in [7, 11) is 0. The number of benzene rings is 1. The zero-order valence-electron chi connectivity index (χ0n) is 14.8. The third-order valence-electron chi connectivity index (χ3n) is 4.77. The molecule has 0 radical (unpaired) electrons. The second-order valence-electron chi connectivity index (χ2n) is 6.66. The maximum Gasteiger partial charge on any atom is 0.326 e. The van der Waals surface area contributed by atoms with Gasteiger partial charge in [0.1, 0.15) is 18.1 Å². The molecule has 3 unspecified atom stereocenters. The molecule has 2 aromatic rings. The number of nitrogens with one attached hydrogen (secondary N) is 3. The molecular weight excluding hydrogens is 368 g/mol. The molecule has 1 aliphatic rings. The summed E-state index contributed by atoms with van der Waals surface area (Å²) in [5.74, 6) is -3.80. The minimum absolute atomic E-state index is 0.162. The third kappa shape index (κ3) is 3.81. The summed E-state index contributed by atoms with van der Waals surface area (Å²) >= 11 is 0. The lowest BCUT2D eigenvalue weighted by molar-refractivity contribution is -0.144. The maximum atomic E-state index is 12.8. The van der Waals surface area contributed by atoms with Crippen molar-refractivity contribution in [1.82, 2.24) is 15.6 Å². The molecule has 0 fully saturated rings. The predicted octanol–water partition coefficient (Wildman–Crippen LogP) is -0.357. The van der Waals surface area contributed by atoms with E-state index in [1.807, 2.05) is 24.3 Å². The van der Waals surface area contributed by atoms with Crippen LogP contribution < -0.4 is 16.4 Å². The molecule has 1 aromatic carbocycles. The van der Waals surface area contributed by atoms with Crippen LogP contribution in [-0.4, -0.2) is 51.0 Å². The summed E-state index contributed by atoms with van der Waals surface area (Å²) in [5.41, 5.74) is 6.99. The minimum Gasteiger partial charge on any atom is -0.480 e. The van der Waals surface area contributed by atoms with Crippen LogP contribution in [0.25, 0.3) is 10.9 Å². The Morgan fingerprint density at radius 3 is 2.57 bits per heavy atom. The lowest BCUT2D eigenvalue weighted by atomic mass is 9.93. The average Bonchev–Trinajstić information content (AvgIpc) is 3.02. The highest BCUT2D eigenvalue weighted by Crippen LogP contribution is 2.32. The summed E-state index contributed by atoms with van der Waals surface area (Å²) in [6.07, 6.45) is -0.182. The van der Waals surface area contributed by atoms with Gasteiger partial charge in [-0.15, -0.1) is 0 Å². The molecule has 2 amide bonds. The number of hydrogen-bond donors (Lipinski definition) is 6. The Balaban J connectivity index is 1.91. The molecule has 0 saturated carbocycles.